The van der Waals surface area contributed by atoms with Gasteiger partial charge in [-0.3, -0.25) is 9.78 Å². The molecule has 4 heteroatoms. The van der Waals surface area contributed by atoms with Gasteiger partial charge in [-0.25, -0.2) is 0 Å². The maximum atomic E-state index is 11.5. The van der Waals surface area contributed by atoms with Crippen molar-refractivity contribution in [1.82, 2.24) is 15.6 Å². The van der Waals surface area contributed by atoms with Crippen molar-refractivity contribution >= 4 is 5.91 Å². The van der Waals surface area contributed by atoms with Crippen LogP contribution in [0.1, 0.15) is 24.1 Å². The molecule has 0 aliphatic heterocycles. The van der Waals surface area contributed by atoms with Gasteiger partial charge in [-0.15, -0.1) is 0 Å². The number of pyridine rings is 1. The molecule has 0 unspecified atom stereocenters. The van der Waals surface area contributed by atoms with Gasteiger partial charge in [0.25, 0.3) is 0 Å². The number of aryl methyl sites for hydroxylation is 1. The molecule has 92 valence electrons. The molecule has 0 radical (unpaired) electrons. The van der Waals surface area contributed by atoms with Crippen molar-refractivity contribution in [2.24, 2.45) is 5.92 Å². The van der Waals surface area contributed by atoms with E-state index in [4.69, 9.17) is 0 Å². The molecule has 2 N–H and O–H groups in total. The molecule has 1 saturated carbocycles. The smallest absolute Gasteiger partial charge is 0.234 e. The fourth-order valence-corrected chi connectivity index (χ4v) is 1.66. The minimum absolute atomic E-state index is 0.0377. The van der Waals surface area contributed by atoms with Crippen LogP contribution in [-0.4, -0.2) is 24.0 Å². The van der Waals surface area contributed by atoms with Crippen molar-refractivity contribution in [2.75, 3.05) is 13.1 Å². The highest BCUT2D eigenvalue weighted by molar-refractivity contribution is 5.77. The first-order chi connectivity index (χ1) is 8.25. The summed E-state index contributed by atoms with van der Waals surface area (Å²) >= 11 is 0. The molecule has 0 aromatic carbocycles. The van der Waals surface area contributed by atoms with Gasteiger partial charge in [-0.1, -0.05) is 6.07 Å². The molecule has 0 saturated heterocycles. The Morgan fingerprint density at radius 3 is 3.06 bits per heavy atom. The van der Waals surface area contributed by atoms with E-state index in [1.54, 1.807) is 6.20 Å². The van der Waals surface area contributed by atoms with E-state index in [1.807, 2.05) is 19.1 Å². The van der Waals surface area contributed by atoms with Crippen LogP contribution in [0.2, 0.25) is 0 Å². The Bertz CT molecular complexity index is 388. The summed E-state index contributed by atoms with van der Waals surface area (Å²) in [6.07, 6.45) is 4.36. The van der Waals surface area contributed by atoms with Gasteiger partial charge >= 0.3 is 0 Å². The molecule has 1 amide bonds. The average molecular weight is 233 g/mol. The average Bonchev–Trinajstić information content (AvgIpc) is 3.12. The van der Waals surface area contributed by atoms with Crippen molar-refractivity contribution < 1.29 is 4.79 Å². The zero-order valence-corrected chi connectivity index (χ0v) is 10.2. The van der Waals surface area contributed by atoms with Crippen LogP contribution in [0, 0.1) is 12.8 Å². The number of amides is 1. The molecule has 1 aromatic rings. The predicted molar refractivity (Wildman–Crippen MR) is 66.4 cm³/mol. The predicted octanol–water partition coefficient (Wildman–Crippen LogP) is 1.01. The van der Waals surface area contributed by atoms with Gasteiger partial charge in [-0.05, 0) is 43.9 Å². The van der Waals surface area contributed by atoms with Gasteiger partial charge in [-0.2, -0.15) is 0 Å². The quantitative estimate of drug-likeness (QED) is 0.771. The third-order valence-electron chi connectivity index (χ3n) is 2.99. The zero-order valence-electron chi connectivity index (χ0n) is 10.2. The highest BCUT2D eigenvalue weighted by Crippen LogP contribution is 2.27. The third-order valence-corrected chi connectivity index (χ3v) is 2.99. The molecular weight excluding hydrogens is 214 g/mol. The summed E-state index contributed by atoms with van der Waals surface area (Å²) in [5.74, 6) is 0.844. The lowest BCUT2D eigenvalue weighted by Gasteiger charge is -2.07. The van der Waals surface area contributed by atoms with E-state index in [0.717, 1.165) is 23.7 Å². The third kappa shape index (κ3) is 4.15. The second-order valence-electron chi connectivity index (χ2n) is 4.62. The molecule has 1 heterocycles. The van der Waals surface area contributed by atoms with E-state index in [2.05, 4.69) is 15.6 Å². The Morgan fingerprint density at radius 1 is 1.53 bits per heavy atom. The van der Waals surface area contributed by atoms with Crippen molar-refractivity contribution in [1.29, 1.82) is 0 Å². The summed E-state index contributed by atoms with van der Waals surface area (Å²) in [6.45, 7) is 3.88. The molecule has 0 bridgehead atoms. The molecule has 1 aliphatic carbocycles. The Labute approximate surface area is 102 Å². The molecule has 17 heavy (non-hydrogen) atoms. The van der Waals surface area contributed by atoms with Crippen LogP contribution in [0.25, 0.3) is 0 Å². The summed E-state index contributed by atoms with van der Waals surface area (Å²) in [7, 11) is 0. The summed E-state index contributed by atoms with van der Waals surface area (Å²) in [6, 6.07) is 3.90. The molecule has 0 spiro atoms. The largest absolute Gasteiger partial charge is 0.349 e. The normalized spacial score (nSPS) is 14.6. The number of carbonyl (C=O) groups excluding carboxylic acids is 1. The first kappa shape index (κ1) is 12.0. The van der Waals surface area contributed by atoms with E-state index in [9.17, 15) is 4.79 Å². The van der Waals surface area contributed by atoms with Crippen LogP contribution < -0.4 is 10.6 Å². The van der Waals surface area contributed by atoms with Crippen molar-refractivity contribution in [2.45, 2.75) is 26.3 Å². The summed E-state index contributed by atoms with van der Waals surface area (Å²) in [4.78, 5) is 15.8. The molecule has 4 nitrogen and oxygen atoms in total. The topological polar surface area (TPSA) is 54.0 Å². The van der Waals surface area contributed by atoms with Crippen LogP contribution >= 0.6 is 0 Å². The van der Waals surface area contributed by atoms with Crippen molar-refractivity contribution in [3.05, 3.63) is 29.6 Å². The second-order valence-corrected chi connectivity index (χ2v) is 4.62. The zero-order chi connectivity index (χ0) is 12.1. The number of hydrogen-bond acceptors (Lipinski definition) is 3. The van der Waals surface area contributed by atoms with E-state index < -0.39 is 0 Å². The first-order valence-corrected chi connectivity index (χ1v) is 6.13. The lowest BCUT2D eigenvalue weighted by molar-refractivity contribution is -0.120. The molecule has 1 aliphatic rings. The van der Waals surface area contributed by atoms with Crippen molar-refractivity contribution in [3.63, 3.8) is 0 Å². The molecule has 0 atom stereocenters. The lowest BCUT2D eigenvalue weighted by Crippen LogP contribution is -2.34. The highest BCUT2D eigenvalue weighted by Gasteiger charge is 2.20. The number of carbonyl (C=O) groups is 1. The number of hydrogen-bond donors (Lipinski definition) is 2. The Kier molecular flexibility index (Phi) is 4.09. The second kappa shape index (κ2) is 5.77. The van der Waals surface area contributed by atoms with Gasteiger partial charge in [0.1, 0.15) is 0 Å². The van der Waals surface area contributed by atoms with Crippen LogP contribution in [0.5, 0.6) is 0 Å². The van der Waals surface area contributed by atoms with Gasteiger partial charge in [0, 0.05) is 6.20 Å². The summed E-state index contributed by atoms with van der Waals surface area (Å²) in [5.41, 5.74) is 2.04. The summed E-state index contributed by atoms with van der Waals surface area (Å²) < 4.78 is 0. The van der Waals surface area contributed by atoms with E-state index in [0.29, 0.717) is 13.1 Å². The van der Waals surface area contributed by atoms with E-state index in [1.165, 1.54) is 12.8 Å². The Balaban J connectivity index is 1.66. The standard InChI is InChI=1S/C13H19N3O/c1-10-3-2-6-15-12(10)8-16-13(17)9-14-7-11-4-5-11/h2-3,6,11,14H,4-5,7-9H2,1H3,(H,16,17). The van der Waals surface area contributed by atoms with Gasteiger partial charge < -0.3 is 10.6 Å². The number of rotatable bonds is 6. The van der Waals surface area contributed by atoms with E-state index in [-0.39, 0.29) is 5.91 Å². The minimum atomic E-state index is 0.0377. The van der Waals surface area contributed by atoms with Crippen molar-refractivity contribution in [3.8, 4) is 0 Å². The highest BCUT2D eigenvalue weighted by atomic mass is 16.1. The fourth-order valence-electron chi connectivity index (χ4n) is 1.66. The number of nitrogens with one attached hydrogen (secondary N) is 2. The molecule has 1 fully saturated rings. The monoisotopic (exact) mass is 233 g/mol. The van der Waals surface area contributed by atoms with Gasteiger partial charge in [0.15, 0.2) is 0 Å². The van der Waals surface area contributed by atoms with Gasteiger partial charge in [0.2, 0.25) is 5.91 Å². The van der Waals surface area contributed by atoms with Gasteiger partial charge in [0.05, 0.1) is 18.8 Å². The molecule has 1 aromatic heterocycles. The Hall–Kier alpha value is -1.42. The van der Waals surface area contributed by atoms with Crippen LogP contribution in [0.4, 0.5) is 0 Å². The number of aromatic nitrogens is 1. The minimum Gasteiger partial charge on any atom is -0.349 e. The molecule has 2 rings (SSSR count). The van der Waals surface area contributed by atoms with E-state index >= 15 is 0 Å². The fraction of sp³-hybridized carbons (Fsp3) is 0.538. The molecular formula is C13H19N3O. The lowest BCUT2D eigenvalue weighted by atomic mass is 10.2. The maximum Gasteiger partial charge on any atom is 0.234 e. The van der Waals surface area contributed by atoms with Crippen LogP contribution in [-0.2, 0) is 11.3 Å². The van der Waals surface area contributed by atoms with Crippen LogP contribution in [0.15, 0.2) is 18.3 Å². The Morgan fingerprint density at radius 2 is 2.35 bits per heavy atom. The summed E-state index contributed by atoms with van der Waals surface area (Å²) in [5, 5.41) is 6.04. The maximum absolute atomic E-state index is 11.5. The number of nitrogens with zero attached hydrogens (tertiary/aromatic N) is 1. The SMILES string of the molecule is Cc1cccnc1CNC(=O)CNCC1CC1. The first-order valence-electron chi connectivity index (χ1n) is 6.13. The van der Waals surface area contributed by atoms with Crippen LogP contribution in [0.3, 0.4) is 0 Å².